The fourth-order valence-corrected chi connectivity index (χ4v) is 2.59. The van der Waals surface area contributed by atoms with Gasteiger partial charge >= 0.3 is 5.97 Å². The molecule has 0 aliphatic carbocycles. The van der Waals surface area contributed by atoms with E-state index in [-0.39, 0.29) is 17.8 Å². The summed E-state index contributed by atoms with van der Waals surface area (Å²) in [5.41, 5.74) is 5.12. The van der Waals surface area contributed by atoms with E-state index in [2.05, 4.69) is 0 Å². The minimum atomic E-state index is -0.487. The summed E-state index contributed by atoms with van der Waals surface area (Å²) in [5.74, 6) is 0.100. The van der Waals surface area contributed by atoms with Gasteiger partial charge < -0.3 is 15.4 Å². The van der Waals surface area contributed by atoms with Crippen LogP contribution >= 0.6 is 0 Å². The van der Waals surface area contributed by atoms with E-state index in [4.69, 9.17) is 10.5 Å². The predicted molar refractivity (Wildman–Crippen MR) is 73.4 cm³/mol. The van der Waals surface area contributed by atoms with Crippen molar-refractivity contribution in [1.82, 2.24) is 4.90 Å². The highest BCUT2D eigenvalue weighted by molar-refractivity contribution is 5.81. The molecule has 0 saturated carbocycles. The molecule has 0 radical (unpaired) electrons. The first kappa shape index (κ1) is 16.0. The van der Waals surface area contributed by atoms with E-state index in [1.807, 2.05) is 20.8 Å². The van der Waals surface area contributed by atoms with Gasteiger partial charge in [-0.1, -0.05) is 0 Å². The molecule has 0 aromatic carbocycles. The zero-order valence-electron chi connectivity index (χ0n) is 12.4. The van der Waals surface area contributed by atoms with E-state index >= 15 is 0 Å². The number of ether oxygens (including phenoxy) is 1. The molecule has 0 unspecified atom stereocenters. The Kier molecular flexibility index (Phi) is 5.35. The zero-order chi connectivity index (χ0) is 14.6. The lowest BCUT2D eigenvalue weighted by atomic mass is 9.73. The van der Waals surface area contributed by atoms with Gasteiger partial charge in [-0.2, -0.15) is 0 Å². The highest BCUT2D eigenvalue weighted by Crippen LogP contribution is 2.36. The van der Waals surface area contributed by atoms with Crippen LogP contribution in [0.4, 0.5) is 0 Å². The molecular weight excluding hydrogens is 244 g/mol. The van der Waals surface area contributed by atoms with Crippen LogP contribution in [0.1, 0.15) is 40.5 Å². The summed E-state index contributed by atoms with van der Waals surface area (Å²) in [6.45, 7) is 9.14. The quantitative estimate of drug-likeness (QED) is 0.778. The Morgan fingerprint density at radius 1 is 1.37 bits per heavy atom. The van der Waals surface area contributed by atoms with E-state index in [9.17, 15) is 9.59 Å². The van der Waals surface area contributed by atoms with Crippen LogP contribution in [-0.2, 0) is 14.3 Å². The second kappa shape index (κ2) is 6.37. The molecule has 5 heteroatoms. The maximum Gasteiger partial charge on any atom is 0.311 e. The second-order valence-corrected chi connectivity index (χ2v) is 5.83. The summed E-state index contributed by atoms with van der Waals surface area (Å²) < 4.78 is 5.13. The van der Waals surface area contributed by atoms with Gasteiger partial charge in [0.1, 0.15) is 0 Å². The van der Waals surface area contributed by atoms with Crippen LogP contribution in [0.5, 0.6) is 0 Å². The smallest absolute Gasteiger partial charge is 0.311 e. The molecule has 19 heavy (non-hydrogen) atoms. The molecule has 0 aromatic heterocycles. The zero-order valence-corrected chi connectivity index (χ0v) is 12.4. The number of carbonyl (C=O) groups excluding carboxylic acids is 2. The molecule has 1 aliphatic heterocycles. The van der Waals surface area contributed by atoms with E-state index in [1.54, 1.807) is 11.8 Å². The Bertz CT molecular complexity index is 332. The van der Waals surface area contributed by atoms with Gasteiger partial charge in [-0.25, -0.2) is 0 Å². The van der Waals surface area contributed by atoms with E-state index in [0.717, 1.165) is 12.8 Å². The molecule has 1 aliphatic rings. The van der Waals surface area contributed by atoms with Crippen LogP contribution in [0.15, 0.2) is 0 Å². The van der Waals surface area contributed by atoms with E-state index in [1.165, 1.54) is 0 Å². The molecule has 110 valence electrons. The van der Waals surface area contributed by atoms with Crippen LogP contribution < -0.4 is 5.73 Å². The number of likely N-dealkylation sites (tertiary alicyclic amines) is 1. The molecule has 2 N–H and O–H groups in total. The summed E-state index contributed by atoms with van der Waals surface area (Å²) in [6, 6.07) is -0.449. The number of hydrogen-bond acceptors (Lipinski definition) is 4. The first-order chi connectivity index (χ1) is 8.80. The number of piperidine rings is 1. The van der Waals surface area contributed by atoms with Crippen LogP contribution in [0.25, 0.3) is 0 Å². The first-order valence-corrected chi connectivity index (χ1v) is 7.02. The molecule has 0 aromatic rings. The fraction of sp³-hybridized carbons (Fsp3) is 0.857. The van der Waals surface area contributed by atoms with Crippen molar-refractivity contribution < 1.29 is 14.3 Å². The number of carbonyl (C=O) groups is 2. The van der Waals surface area contributed by atoms with Gasteiger partial charge in [0.05, 0.1) is 18.1 Å². The van der Waals surface area contributed by atoms with Crippen molar-refractivity contribution in [3.63, 3.8) is 0 Å². The minimum absolute atomic E-state index is 0.00705. The molecule has 1 atom stereocenters. The van der Waals surface area contributed by atoms with Crippen molar-refractivity contribution >= 4 is 11.9 Å². The Morgan fingerprint density at radius 2 is 1.89 bits per heavy atom. The van der Waals surface area contributed by atoms with Crippen LogP contribution in [0, 0.1) is 11.3 Å². The summed E-state index contributed by atoms with van der Waals surface area (Å²) in [7, 11) is 0. The lowest BCUT2D eigenvalue weighted by Gasteiger charge is -2.39. The number of amides is 1. The fourth-order valence-electron chi connectivity index (χ4n) is 2.59. The monoisotopic (exact) mass is 270 g/mol. The van der Waals surface area contributed by atoms with Crippen molar-refractivity contribution in [2.45, 2.75) is 46.6 Å². The highest BCUT2D eigenvalue weighted by Gasteiger charge is 2.40. The van der Waals surface area contributed by atoms with Crippen molar-refractivity contribution in [2.75, 3.05) is 19.7 Å². The Hall–Kier alpha value is -1.10. The molecule has 1 saturated heterocycles. The highest BCUT2D eigenvalue weighted by atomic mass is 16.5. The number of esters is 1. The molecular formula is C14H26N2O3. The van der Waals surface area contributed by atoms with Gasteiger partial charge in [-0.3, -0.25) is 9.59 Å². The van der Waals surface area contributed by atoms with Gasteiger partial charge in [0.15, 0.2) is 0 Å². The van der Waals surface area contributed by atoms with Gasteiger partial charge in [0.25, 0.3) is 0 Å². The van der Waals surface area contributed by atoms with Crippen molar-refractivity contribution in [3.05, 3.63) is 0 Å². The van der Waals surface area contributed by atoms with E-state index < -0.39 is 11.5 Å². The summed E-state index contributed by atoms with van der Waals surface area (Å²) in [5, 5.41) is 0. The van der Waals surface area contributed by atoms with Gasteiger partial charge in [0.2, 0.25) is 5.91 Å². The molecule has 1 heterocycles. The van der Waals surface area contributed by atoms with Gasteiger partial charge in [0, 0.05) is 13.1 Å². The molecule has 1 amide bonds. The lowest BCUT2D eigenvalue weighted by Crippen LogP contribution is -2.48. The number of hydrogen-bond donors (Lipinski definition) is 1. The summed E-state index contributed by atoms with van der Waals surface area (Å²) in [4.78, 5) is 25.6. The third-order valence-corrected chi connectivity index (χ3v) is 4.02. The van der Waals surface area contributed by atoms with Crippen LogP contribution in [0.3, 0.4) is 0 Å². The largest absolute Gasteiger partial charge is 0.466 e. The summed E-state index contributed by atoms with van der Waals surface area (Å²) >= 11 is 0. The maximum absolute atomic E-state index is 12.0. The number of rotatable bonds is 4. The minimum Gasteiger partial charge on any atom is -0.466 e. The average Bonchev–Trinajstić information content (AvgIpc) is 2.38. The second-order valence-electron chi connectivity index (χ2n) is 5.83. The maximum atomic E-state index is 12.0. The molecule has 1 rings (SSSR count). The third-order valence-electron chi connectivity index (χ3n) is 4.02. The molecule has 0 bridgehead atoms. The lowest BCUT2D eigenvalue weighted by molar-refractivity contribution is -0.158. The van der Waals surface area contributed by atoms with Crippen LogP contribution in [0.2, 0.25) is 0 Å². The first-order valence-electron chi connectivity index (χ1n) is 7.02. The number of nitrogens with zero attached hydrogens (tertiary/aromatic N) is 1. The summed E-state index contributed by atoms with van der Waals surface area (Å²) in [6.07, 6.45) is 1.65. The normalized spacial score (nSPS) is 19.1. The predicted octanol–water partition coefficient (Wildman–Crippen LogP) is 1.16. The SMILES string of the molecule is CCOC(=O)C(C)(C)C1CCN(C(=O)[C@H](C)N)CC1. The Labute approximate surface area is 115 Å². The van der Waals surface area contributed by atoms with Crippen molar-refractivity contribution in [3.8, 4) is 0 Å². The van der Waals surface area contributed by atoms with Gasteiger partial charge in [-0.05, 0) is 46.5 Å². The standard InChI is InChI=1S/C14H26N2O3/c1-5-19-13(18)14(3,4)11-6-8-16(9-7-11)12(17)10(2)15/h10-11H,5-9,15H2,1-4H3/t10-/m0/s1. The molecule has 0 spiro atoms. The van der Waals surface area contributed by atoms with Crippen LogP contribution in [-0.4, -0.2) is 42.5 Å². The van der Waals surface area contributed by atoms with Crippen molar-refractivity contribution in [1.29, 1.82) is 0 Å². The average molecular weight is 270 g/mol. The number of nitrogens with two attached hydrogens (primary N) is 1. The molecule has 5 nitrogen and oxygen atoms in total. The third kappa shape index (κ3) is 3.69. The van der Waals surface area contributed by atoms with Crippen molar-refractivity contribution in [2.24, 2.45) is 17.1 Å². The van der Waals surface area contributed by atoms with Gasteiger partial charge in [-0.15, -0.1) is 0 Å². The molecule has 1 fully saturated rings. The Morgan fingerprint density at radius 3 is 2.32 bits per heavy atom. The topological polar surface area (TPSA) is 72.6 Å². The Balaban J connectivity index is 2.58. The van der Waals surface area contributed by atoms with E-state index in [0.29, 0.717) is 19.7 Å².